The first-order valence-electron chi connectivity index (χ1n) is 4.66. The first-order valence-corrected chi connectivity index (χ1v) is 4.66. The molecule has 0 aliphatic carbocycles. The lowest BCUT2D eigenvalue weighted by atomic mass is 9.79. The summed E-state index contributed by atoms with van der Waals surface area (Å²) in [6.45, 7) is 3.62. The lowest BCUT2D eigenvalue weighted by Gasteiger charge is -2.34. The number of nitrogens with zero attached hydrogens (tertiary/aromatic N) is 2. The summed E-state index contributed by atoms with van der Waals surface area (Å²) in [5, 5.41) is 0. The number of hydrogen-bond acceptors (Lipinski definition) is 3. The number of nitrogens with two attached hydrogens (primary N) is 1. The molecule has 0 radical (unpaired) electrons. The second-order valence-electron chi connectivity index (χ2n) is 3.43. The van der Waals surface area contributed by atoms with E-state index in [-0.39, 0.29) is 11.9 Å². The molecule has 5 nitrogen and oxygen atoms in total. The molecule has 0 unspecified atom stereocenters. The molecule has 1 rings (SSSR count). The number of guanidine groups is 1. The lowest BCUT2D eigenvalue weighted by molar-refractivity contribution is -0.147. The molecule has 2 amide bonds. The zero-order valence-corrected chi connectivity index (χ0v) is 8.70. The monoisotopic (exact) mass is 197 g/mol. The Morgan fingerprint density at radius 1 is 1.36 bits per heavy atom. The molecule has 0 atom stereocenters. The molecule has 0 spiro atoms. The minimum Gasteiger partial charge on any atom is -0.369 e. The zero-order valence-electron chi connectivity index (χ0n) is 8.70. The minimum atomic E-state index is -0.988. The third kappa shape index (κ3) is 1.20. The quantitative estimate of drug-likeness (QED) is 0.638. The van der Waals surface area contributed by atoms with Crippen LogP contribution in [0.1, 0.15) is 26.7 Å². The number of aliphatic imine (C=N–C) groups is 1. The number of rotatable bonds is 2. The number of carbonyl (C=O) groups excluding carboxylic acids is 2. The van der Waals surface area contributed by atoms with E-state index in [1.807, 2.05) is 13.8 Å². The molecule has 5 heteroatoms. The standard InChI is InChI=1S/C9H15N3O2/c1-4-9(5-2)6(13)11-8(10)12(3)7(9)14/h4-5H2,1-3H3,(H2,10,11,13). The molecule has 1 heterocycles. The average molecular weight is 197 g/mol. The van der Waals surface area contributed by atoms with E-state index in [1.54, 1.807) is 0 Å². The Morgan fingerprint density at radius 2 is 1.86 bits per heavy atom. The smallest absolute Gasteiger partial charge is 0.264 e. The molecule has 0 aromatic heterocycles. The van der Waals surface area contributed by atoms with E-state index in [2.05, 4.69) is 4.99 Å². The molecule has 0 aromatic carbocycles. The van der Waals surface area contributed by atoms with Gasteiger partial charge >= 0.3 is 0 Å². The van der Waals surface area contributed by atoms with E-state index in [9.17, 15) is 9.59 Å². The van der Waals surface area contributed by atoms with Gasteiger partial charge in [0.15, 0.2) is 0 Å². The summed E-state index contributed by atoms with van der Waals surface area (Å²) in [4.78, 5) is 28.4. The van der Waals surface area contributed by atoms with E-state index < -0.39 is 11.3 Å². The SMILES string of the molecule is CCC1(CC)C(=O)N=C(N)N(C)C1=O. The fourth-order valence-corrected chi connectivity index (χ4v) is 1.66. The Balaban J connectivity index is 3.22. The van der Waals surface area contributed by atoms with Crippen LogP contribution >= 0.6 is 0 Å². The van der Waals surface area contributed by atoms with E-state index >= 15 is 0 Å². The van der Waals surface area contributed by atoms with Crippen LogP contribution in [-0.4, -0.2) is 29.7 Å². The van der Waals surface area contributed by atoms with Crippen LogP contribution in [0.15, 0.2) is 4.99 Å². The van der Waals surface area contributed by atoms with Gasteiger partial charge in [-0.3, -0.25) is 14.5 Å². The molecule has 0 aromatic rings. The average Bonchev–Trinajstić information content (AvgIpc) is 2.17. The van der Waals surface area contributed by atoms with Gasteiger partial charge in [-0.15, -0.1) is 0 Å². The second-order valence-corrected chi connectivity index (χ2v) is 3.43. The highest BCUT2D eigenvalue weighted by atomic mass is 16.2. The predicted molar refractivity (Wildman–Crippen MR) is 52.4 cm³/mol. The van der Waals surface area contributed by atoms with Crippen molar-refractivity contribution in [1.29, 1.82) is 0 Å². The molecule has 0 bridgehead atoms. The van der Waals surface area contributed by atoms with Crippen LogP contribution in [0.25, 0.3) is 0 Å². The molecule has 0 fully saturated rings. The van der Waals surface area contributed by atoms with Gasteiger partial charge in [-0.2, -0.15) is 4.99 Å². The van der Waals surface area contributed by atoms with Crippen molar-refractivity contribution in [2.75, 3.05) is 7.05 Å². The molecule has 14 heavy (non-hydrogen) atoms. The van der Waals surface area contributed by atoms with E-state index in [1.165, 1.54) is 11.9 Å². The van der Waals surface area contributed by atoms with Gasteiger partial charge in [0.25, 0.3) is 5.91 Å². The first kappa shape index (κ1) is 10.7. The molecule has 2 N–H and O–H groups in total. The fourth-order valence-electron chi connectivity index (χ4n) is 1.66. The summed E-state index contributed by atoms with van der Waals surface area (Å²) in [7, 11) is 1.54. The number of hydrogen-bond donors (Lipinski definition) is 1. The molecule has 0 saturated carbocycles. The van der Waals surface area contributed by atoms with Gasteiger partial charge in [-0.25, -0.2) is 0 Å². The van der Waals surface area contributed by atoms with E-state index in [4.69, 9.17) is 5.73 Å². The van der Waals surface area contributed by atoms with Gasteiger partial charge in [0.05, 0.1) is 0 Å². The maximum absolute atomic E-state index is 11.9. The summed E-state index contributed by atoms with van der Waals surface area (Å²) < 4.78 is 0. The Hall–Kier alpha value is -1.39. The zero-order chi connectivity index (χ0) is 10.9. The predicted octanol–water partition coefficient (Wildman–Crippen LogP) is 0.106. The van der Waals surface area contributed by atoms with Crippen LogP contribution in [0, 0.1) is 5.41 Å². The van der Waals surface area contributed by atoms with E-state index in [0.717, 1.165) is 0 Å². The van der Waals surface area contributed by atoms with Crippen LogP contribution in [0.2, 0.25) is 0 Å². The van der Waals surface area contributed by atoms with Crippen LogP contribution in [0.5, 0.6) is 0 Å². The summed E-state index contributed by atoms with van der Waals surface area (Å²) in [5.41, 5.74) is 4.44. The fraction of sp³-hybridized carbons (Fsp3) is 0.667. The Kier molecular flexibility index (Phi) is 2.59. The molecule has 0 saturated heterocycles. The van der Waals surface area contributed by atoms with E-state index in [0.29, 0.717) is 12.8 Å². The molecular weight excluding hydrogens is 182 g/mol. The molecular formula is C9H15N3O2. The van der Waals surface area contributed by atoms with Crippen molar-refractivity contribution in [2.45, 2.75) is 26.7 Å². The summed E-state index contributed by atoms with van der Waals surface area (Å²) in [6, 6.07) is 0. The largest absolute Gasteiger partial charge is 0.369 e. The van der Waals surface area contributed by atoms with Crippen molar-refractivity contribution in [3.8, 4) is 0 Å². The Morgan fingerprint density at radius 3 is 2.29 bits per heavy atom. The lowest BCUT2D eigenvalue weighted by Crippen LogP contribution is -2.55. The van der Waals surface area contributed by atoms with Crippen molar-refractivity contribution >= 4 is 17.8 Å². The third-order valence-corrected chi connectivity index (χ3v) is 2.89. The topological polar surface area (TPSA) is 75.8 Å². The number of carbonyl (C=O) groups is 2. The highest BCUT2D eigenvalue weighted by Gasteiger charge is 2.47. The first-order chi connectivity index (χ1) is 6.49. The van der Waals surface area contributed by atoms with Crippen molar-refractivity contribution in [2.24, 2.45) is 16.1 Å². The normalized spacial score (nSPS) is 21.1. The maximum atomic E-state index is 11.9. The van der Waals surface area contributed by atoms with Gasteiger partial charge in [-0.1, -0.05) is 13.8 Å². The van der Waals surface area contributed by atoms with Crippen LogP contribution in [0.3, 0.4) is 0 Å². The van der Waals surface area contributed by atoms with Gasteiger partial charge in [0, 0.05) is 7.05 Å². The Bertz CT molecular complexity index is 305. The molecule has 1 aliphatic rings. The van der Waals surface area contributed by atoms with Gasteiger partial charge < -0.3 is 5.73 Å². The summed E-state index contributed by atoms with van der Waals surface area (Å²) in [5.74, 6) is -0.680. The maximum Gasteiger partial charge on any atom is 0.264 e. The van der Waals surface area contributed by atoms with Crippen molar-refractivity contribution in [3.05, 3.63) is 0 Å². The van der Waals surface area contributed by atoms with Crippen LogP contribution < -0.4 is 5.73 Å². The highest BCUT2D eigenvalue weighted by Crippen LogP contribution is 2.32. The van der Waals surface area contributed by atoms with Gasteiger partial charge in [0.1, 0.15) is 5.41 Å². The van der Waals surface area contributed by atoms with Crippen molar-refractivity contribution < 1.29 is 9.59 Å². The molecule has 78 valence electrons. The second kappa shape index (κ2) is 3.40. The summed E-state index contributed by atoms with van der Waals surface area (Å²) in [6.07, 6.45) is 0.921. The van der Waals surface area contributed by atoms with Crippen LogP contribution in [-0.2, 0) is 9.59 Å². The highest BCUT2D eigenvalue weighted by molar-refractivity contribution is 6.17. The van der Waals surface area contributed by atoms with Gasteiger partial charge in [0.2, 0.25) is 11.9 Å². The molecule has 1 aliphatic heterocycles. The van der Waals surface area contributed by atoms with Crippen LogP contribution in [0.4, 0.5) is 0 Å². The van der Waals surface area contributed by atoms with Gasteiger partial charge in [-0.05, 0) is 12.8 Å². The summed E-state index contributed by atoms with van der Waals surface area (Å²) >= 11 is 0. The Labute approximate surface area is 83.0 Å². The van der Waals surface area contributed by atoms with Crippen molar-refractivity contribution in [3.63, 3.8) is 0 Å². The minimum absolute atomic E-state index is 0.0162. The number of amides is 2. The third-order valence-electron chi connectivity index (χ3n) is 2.89. The van der Waals surface area contributed by atoms with Crippen molar-refractivity contribution in [1.82, 2.24) is 4.90 Å².